The van der Waals surface area contributed by atoms with Crippen molar-refractivity contribution in [2.75, 3.05) is 6.61 Å². The molecule has 1 amide bonds. The first-order valence-corrected chi connectivity index (χ1v) is 25.1. The molecule has 0 bridgehead atoms. The fraction of sp³-hybridized carbons (Fsp3) is 0.902. The van der Waals surface area contributed by atoms with E-state index in [1.807, 2.05) is 0 Å². The third kappa shape index (κ3) is 41.0. The minimum atomic E-state index is -1.16. The molecule has 0 aromatic carbocycles. The van der Waals surface area contributed by atoms with E-state index in [-0.39, 0.29) is 12.5 Å². The number of aliphatic hydroxyl groups excluding tert-OH is 3. The van der Waals surface area contributed by atoms with Gasteiger partial charge >= 0.3 is 0 Å². The highest BCUT2D eigenvalue weighted by Gasteiger charge is 2.26. The van der Waals surface area contributed by atoms with Crippen LogP contribution in [0.25, 0.3) is 0 Å². The van der Waals surface area contributed by atoms with Crippen molar-refractivity contribution >= 4 is 5.91 Å². The number of unbranched alkanes of at least 4 members (excludes halogenated alkanes) is 34. The van der Waals surface area contributed by atoms with Crippen molar-refractivity contribution in [2.24, 2.45) is 0 Å². The molecule has 0 saturated carbocycles. The van der Waals surface area contributed by atoms with Gasteiger partial charge in [0.15, 0.2) is 0 Å². The minimum Gasteiger partial charge on any atom is -0.394 e. The number of amides is 1. The average Bonchev–Trinajstić information content (AvgIpc) is 3.20. The summed E-state index contributed by atoms with van der Waals surface area (Å²) >= 11 is 0. The van der Waals surface area contributed by atoms with Crippen LogP contribution in [0, 0.1) is 0 Å². The molecule has 56 heavy (non-hydrogen) atoms. The van der Waals surface area contributed by atoms with Crippen LogP contribution in [0.15, 0.2) is 24.3 Å². The summed E-state index contributed by atoms with van der Waals surface area (Å²) in [5.41, 5.74) is 0. The molecule has 0 aromatic rings. The zero-order chi connectivity index (χ0) is 40.8. The normalized spacial score (nSPS) is 13.6. The summed E-state index contributed by atoms with van der Waals surface area (Å²) in [6.07, 6.45) is 57.4. The van der Waals surface area contributed by atoms with Crippen molar-refractivity contribution in [1.82, 2.24) is 5.32 Å². The van der Waals surface area contributed by atoms with Gasteiger partial charge in [-0.05, 0) is 64.2 Å². The first-order chi connectivity index (χ1) is 27.6. The van der Waals surface area contributed by atoms with Crippen LogP contribution in [-0.2, 0) is 4.79 Å². The van der Waals surface area contributed by atoms with Crippen molar-refractivity contribution in [2.45, 2.75) is 289 Å². The Hall–Kier alpha value is -1.17. The SMILES string of the molecule is CCCCCCCCCCCCCC/C=C\CCCCCCCCCC(=O)NC(CO)C(O)C(O)CCC/C=C/CCCCCCCCCCCCCCCC. The lowest BCUT2D eigenvalue weighted by Crippen LogP contribution is -2.50. The van der Waals surface area contributed by atoms with Gasteiger partial charge in [-0.15, -0.1) is 0 Å². The maximum atomic E-state index is 12.5. The fourth-order valence-electron chi connectivity index (χ4n) is 7.86. The summed E-state index contributed by atoms with van der Waals surface area (Å²) < 4.78 is 0. The topological polar surface area (TPSA) is 89.8 Å². The molecule has 0 aromatic heterocycles. The number of carbonyl (C=O) groups is 1. The molecule has 5 nitrogen and oxygen atoms in total. The molecule has 332 valence electrons. The van der Waals surface area contributed by atoms with Crippen molar-refractivity contribution in [3.8, 4) is 0 Å². The Morgan fingerprint density at radius 2 is 0.714 bits per heavy atom. The maximum absolute atomic E-state index is 12.5. The van der Waals surface area contributed by atoms with E-state index in [1.54, 1.807) is 0 Å². The van der Waals surface area contributed by atoms with Crippen LogP contribution in [0.3, 0.4) is 0 Å². The smallest absolute Gasteiger partial charge is 0.220 e. The number of hydrogen-bond donors (Lipinski definition) is 4. The molecule has 5 heteroatoms. The molecule has 0 fully saturated rings. The van der Waals surface area contributed by atoms with E-state index < -0.39 is 18.2 Å². The summed E-state index contributed by atoms with van der Waals surface area (Å²) in [6.45, 7) is 4.19. The summed E-state index contributed by atoms with van der Waals surface area (Å²) in [4.78, 5) is 12.5. The van der Waals surface area contributed by atoms with Crippen LogP contribution in [0.2, 0.25) is 0 Å². The molecule has 0 saturated heterocycles. The monoisotopic (exact) mass is 790 g/mol. The highest BCUT2D eigenvalue weighted by atomic mass is 16.3. The first-order valence-electron chi connectivity index (χ1n) is 25.1. The molecule has 0 radical (unpaired) electrons. The standard InChI is InChI=1S/C51H99NO4/c1-3-5-7-9-11-13-15-17-19-21-23-24-25-26-28-30-32-34-36-38-40-42-44-46-50(55)52-48(47-53)51(56)49(54)45-43-41-39-37-35-33-31-29-27-22-20-18-16-14-12-10-8-6-4-2/h26,28,37,39,48-49,51,53-54,56H,3-25,27,29-36,38,40-47H2,1-2H3,(H,52,55)/b28-26-,39-37+. The largest absolute Gasteiger partial charge is 0.394 e. The minimum absolute atomic E-state index is 0.156. The van der Waals surface area contributed by atoms with Gasteiger partial charge in [-0.3, -0.25) is 4.79 Å². The van der Waals surface area contributed by atoms with Crippen molar-refractivity contribution in [3.05, 3.63) is 24.3 Å². The second-order valence-corrected chi connectivity index (χ2v) is 17.4. The van der Waals surface area contributed by atoms with Gasteiger partial charge in [0.1, 0.15) is 6.10 Å². The van der Waals surface area contributed by atoms with Gasteiger partial charge in [0, 0.05) is 6.42 Å². The van der Waals surface area contributed by atoms with Gasteiger partial charge in [0.25, 0.3) is 0 Å². The quantitative estimate of drug-likeness (QED) is 0.0365. The molecule has 0 aliphatic rings. The van der Waals surface area contributed by atoms with Crippen LogP contribution in [-0.4, -0.2) is 46.1 Å². The van der Waals surface area contributed by atoms with Gasteiger partial charge in [-0.2, -0.15) is 0 Å². The van der Waals surface area contributed by atoms with Crippen LogP contribution in [0.5, 0.6) is 0 Å². The summed E-state index contributed by atoms with van der Waals surface area (Å²) in [6, 6.07) is -0.827. The van der Waals surface area contributed by atoms with Crippen LogP contribution < -0.4 is 5.32 Å². The van der Waals surface area contributed by atoms with E-state index in [4.69, 9.17) is 0 Å². The molecule has 0 aliphatic carbocycles. The average molecular weight is 790 g/mol. The van der Waals surface area contributed by atoms with Gasteiger partial charge in [-0.25, -0.2) is 0 Å². The van der Waals surface area contributed by atoms with Gasteiger partial charge in [0.2, 0.25) is 5.91 Å². The Morgan fingerprint density at radius 1 is 0.429 bits per heavy atom. The highest BCUT2D eigenvalue weighted by Crippen LogP contribution is 2.16. The third-order valence-electron chi connectivity index (χ3n) is 11.8. The molecule has 4 N–H and O–H groups in total. The molecular weight excluding hydrogens is 691 g/mol. The van der Waals surface area contributed by atoms with E-state index in [1.165, 1.54) is 205 Å². The molecule has 0 aliphatic heterocycles. The van der Waals surface area contributed by atoms with Crippen molar-refractivity contribution in [3.63, 3.8) is 0 Å². The Labute approximate surface area is 350 Å². The van der Waals surface area contributed by atoms with E-state index in [0.29, 0.717) is 12.8 Å². The van der Waals surface area contributed by atoms with Crippen LogP contribution in [0.1, 0.15) is 271 Å². The van der Waals surface area contributed by atoms with Crippen LogP contribution >= 0.6 is 0 Å². The highest BCUT2D eigenvalue weighted by molar-refractivity contribution is 5.76. The number of hydrogen-bond acceptors (Lipinski definition) is 4. The Bertz CT molecular complexity index is 829. The molecule has 0 spiro atoms. The maximum Gasteiger partial charge on any atom is 0.220 e. The lowest BCUT2D eigenvalue weighted by molar-refractivity contribution is -0.124. The zero-order valence-corrected chi connectivity index (χ0v) is 37.8. The summed E-state index contributed by atoms with van der Waals surface area (Å²) in [5, 5.41) is 33.6. The van der Waals surface area contributed by atoms with Crippen molar-refractivity contribution < 1.29 is 20.1 Å². The Balaban J connectivity index is 3.61. The predicted octanol–water partition coefficient (Wildman–Crippen LogP) is 14.9. The number of nitrogens with one attached hydrogen (secondary N) is 1. The molecule has 0 heterocycles. The van der Waals surface area contributed by atoms with E-state index >= 15 is 0 Å². The summed E-state index contributed by atoms with van der Waals surface area (Å²) in [5.74, 6) is -0.156. The zero-order valence-electron chi connectivity index (χ0n) is 37.8. The molecule has 0 rings (SSSR count). The van der Waals surface area contributed by atoms with Gasteiger partial charge < -0.3 is 20.6 Å². The molecular formula is C51H99NO4. The molecule has 3 unspecified atom stereocenters. The summed E-state index contributed by atoms with van der Waals surface area (Å²) in [7, 11) is 0. The lowest BCUT2D eigenvalue weighted by Gasteiger charge is -2.26. The number of carbonyl (C=O) groups excluding carboxylic acids is 1. The lowest BCUT2D eigenvalue weighted by atomic mass is 10.0. The van der Waals surface area contributed by atoms with Crippen molar-refractivity contribution in [1.29, 1.82) is 0 Å². The third-order valence-corrected chi connectivity index (χ3v) is 11.8. The number of allylic oxidation sites excluding steroid dienone is 4. The van der Waals surface area contributed by atoms with Gasteiger partial charge in [-0.1, -0.05) is 224 Å². The molecule has 3 atom stereocenters. The number of rotatable bonds is 46. The Kier molecular flexibility index (Phi) is 45.5. The second-order valence-electron chi connectivity index (χ2n) is 17.4. The number of aliphatic hydroxyl groups is 3. The van der Waals surface area contributed by atoms with E-state index in [2.05, 4.69) is 43.5 Å². The van der Waals surface area contributed by atoms with Crippen LogP contribution in [0.4, 0.5) is 0 Å². The van der Waals surface area contributed by atoms with Gasteiger partial charge in [0.05, 0.1) is 18.8 Å². The van der Waals surface area contributed by atoms with E-state index in [0.717, 1.165) is 38.5 Å². The Morgan fingerprint density at radius 3 is 1.04 bits per heavy atom. The predicted molar refractivity (Wildman–Crippen MR) is 245 cm³/mol. The first kappa shape index (κ1) is 54.8. The second kappa shape index (κ2) is 46.5. The fourth-order valence-corrected chi connectivity index (χ4v) is 7.86. The van der Waals surface area contributed by atoms with E-state index in [9.17, 15) is 20.1 Å².